The molecule has 6 nitrogen and oxygen atoms in total. The van der Waals surface area contributed by atoms with Gasteiger partial charge in [-0.2, -0.15) is 0 Å². The molecule has 2 aromatic rings. The Kier molecular flexibility index (Phi) is 5.14. The zero-order chi connectivity index (χ0) is 18.6. The molecule has 3 aliphatic rings. The highest BCUT2D eigenvalue weighted by Gasteiger charge is 2.41. The molecular weight excluding hydrogens is 340 g/mol. The minimum Gasteiger partial charge on any atom is -0.340 e. The highest BCUT2D eigenvalue weighted by Crippen LogP contribution is 2.30. The Labute approximate surface area is 159 Å². The Morgan fingerprint density at radius 1 is 1.07 bits per heavy atom. The lowest BCUT2D eigenvalue weighted by atomic mass is 9.94. The molecule has 0 spiro atoms. The number of aromatic nitrogens is 2. The van der Waals surface area contributed by atoms with E-state index in [4.69, 9.17) is 0 Å². The summed E-state index contributed by atoms with van der Waals surface area (Å²) in [6, 6.07) is 9.74. The van der Waals surface area contributed by atoms with Crippen molar-refractivity contribution in [3.05, 3.63) is 60.2 Å². The largest absolute Gasteiger partial charge is 0.340 e. The zero-order valence-corrected chi connectivity index (χ0v) is 15.3. The van der Waals surface area contributed by atoms with Gasteiger partial charge in [-0.15, -0.1) is 0 Å². The maximum absolute atomic E-state index is 12.9. The van der Waals surface area contributed by atoms with Crippen LogP contribution in [0.25, 0.3) is 0 Å². The Morgan fingerprint density at radius 3 is 2.70 bits per heavy atom. The standard InChI is InChI=1S/C21H24N4O2/c26-20(7-4-16-8-11-22-12-9-16)24-13-17-5-6-19(15-24)25(21(17)27)14-18-3-1-2-10-23-18/h1-3,8-12,17,19H,4-7,13-15H2/t17-,19+/m0/s1. The van der Waals surface area contributed by atoms with E-state index in [1.165, 1.54) is 0 Å². The van der Waals surface area contributed by atoms with E-state index >= 15 is 0 Å². The number of rotatable bonds is 5. The van der Waals surface area contributed by atoms with Crippen molar-refractivity contribution in [2.75, 3.05) is 13.1 Å². The van der Waals surface area contributed by atoms with Gasteiger partial charge in [0.25, 0.3) is 0 Å². The molecular formula is C21H24N4O2. The van der Waals surface area contributed by atoms with E-state index in [1.54, 1.807) is 18.6 Å². The number of carbonyl (C=O) groups is 2. The minimum absolute atomic E-state index is 0.0858. The number of aryl methyl sites for hydroxylation is 1. The molecule has 5 heterocycles. The second kappa shape index (κ2) is 7.86. The second-order valence-electron chi connectivity index (χ2n) is 7.37. The van der Waals surface area contributed by atoms with Crippen molar-refractivity contribution in [2.45, 2.75) is 38.3 Å². The van der Waals surface area contributed by atoms with Crippen LogP contribution >= 0.6 is 0 Å². The molecule has 5 rings (SSSR count). The van der Waals surface area contributed by atoms with Crippen LogP contribution in [0.4, 0.5) is 0 Å². The summed E-state index contributed by atoms with van der Waals surface area (Å²) in [5.74, 6) is 0.217. The molecule has 2 bridgehead atoms. The quantitative estimate of drug-likeness (QED) is 0.815. The van der Waals surface area contributed by atoms with E-state index in [0.29, 0.717) is 32.5 Å². The fraction of sp³-hybridized carbons (Fsp3) is 0.429. The van der Waals surface area contributed by atoms with Crippen LogP contribution < -0.4 is 0 Å². The number of carbonyl (C=O) groups excluding carboxylic acids is 2. The fourth-order valence-corrected chi connectivity index (χ4v) is 4.08. The van der Waals surface area contributed by atoms with Gasteiger partial charge in [0.05, 0.1) is 18.2 Å². The maximum Gasteiger partial charge on any atom is 0.228 e. The first-order valence-corrected chi connectivity index (χ1v) is 9.58. The van der Waals surface area contributed by atoms with E-state index in [0.717, 1.165) is 24.1 Å². The number of nitrogens with zero attached hydrogens (tertiary/aromatic N) is 4. The highest BCUT2D eigenvalue weighted by molar-refractivity contribution is 5.83. The summed E-state index contributed by atoms with van der Waals surface area (Å²) in [7, 11) is 0. The Balaban J connectivity index is 1.42. The van der Waals surface area contributed by atoms with Gasteiger partial charge >= 0.3 is 0 Å². The molecule has 0 unspecified atom stereocenters. The van der Waals surface area contributed by atoms with Gasteiger partial charge < -0.3 is 9.80 Å². The smallest absolute Gasteiger partial charge is 0.228 e. The molecule has 2 amide bonds. The topological polar surface area (TPSA) is 66.4 Å². The highest BCUT2D eigenvalue weighted by atomic mass is 16.2. The average Bonchev–Trinajstić information content (AvgIpc) is 3.00. The number of piperidine rings is 1. The number of fused-ring (bicyclic) bond motifs is 4. The van der Waals surface area contributed by atoms with Crippen LogP contribution in [-0.4, -0.2) is 50.7 Å². The molecule has 3 aliphatic heterocycles. The van der Waals surface area contributed by atoms with Crippen molar-refractivity contribution in [3.8, 4) is 0 Å². The molecule has 2 atom stereocenters. The lowest BCUT2D eigenvalue weighted by Crippen LogP contribution is -2.47. The van der Waals surface area contributed by atoms with Gasteiger partial charge in [-0.25, -0.2) is 0 Å². The lowest BCUT2D eigenvalue weighted by Gasteiger charge is -2.35. The van der Waals surface area contributed by atoms with Gasteiger partial charge in [0.2, 0.25) is 11.8 Å². The van der Waals surface area contributed by atoms with E-state index in [9.17, 15) is 9.59 Å². The molecule has 27 heavy (non-hydrogen) atoms. The third kappa shape index (κ3) is 3.99. The predicted octanol–water partition coefficient (Wildman–Crippen LogP) is 2.06. The normalized spacial score (nSPS) is 22.0. The third-order valence-corrected chi connectivity index (χ3v) is 5.58. The number of amides is 2. The van der Waals surface area contributed by atoms with E-state index in [-0.39, 0.29) is 23.8 Å². The molecule has 0 radical (unpaired) electrons. The first-order chi connectivity index (χ1) is 13.2. The van der Waals surface area contributed by atoms with Crippen LogP contribution in [-0.2, 0) is 22.6 Å². The molecule has 3 saturated heterocycles. The van der Waals surface area contributed by atoms with Crippen LogP contribution in [0, 0.1) is 5.92 Å². The SMILES string of the molecule is O=C(CCc1ccncc1)N1C[C@@H]2CC[C@H](C1)N(Cc1ccccn1)C2=O. The van der Waals surface area contributed by atoms with Crippen LogP contribution in [0.15, 0.2) is 48.9 Å². The number of hydrogen-bond acceptors (Lipinski definition) is 4. The lowest BCUT2D eigenvalue weighted by molar-refractivity contribution is -0.140. The van der Waals surface area contributed by atoms with Crippen LogP contribution in [0.3, 0.4) is 0 Å². The second-order valence-corrected chi connectivity index (χ2v) is 7.37. The van der Waals surface area contributed by atoms with Crippen molar-refractivity contribution >= 4 is 11.8 Å². The first-order valence-electron chi connectivity index (χ1n) is 9.58. The van der Waals surface area contributed by atoms with Crippen LogP contribution in [0.5, 0.6) is 0 Å². The minimum atomic E-state index is -0.0858. The maximum atomic E-state index is 12.9. The first kappa shape index (κ1) is 17.6. The van der Waals surface area contributed by atoms with E-state index in [1.807, 2.05) is 40.1 Å². The molecule has 140 valence electrons. The summed E-state index contributed by atoms with van der Waals surface area (Å²) >= 11 is 0. The summed E-state index contributed by atoms with van der Waals surface area (Å²) in [5.41, 5.74) is 2.01. The van der Waals surface area contributed by atoms with Crippen LogP contribution in [0.1, 0.15) is 30.5 Å². The van der Waals surface area contributed by atoms with Gasteiger partial charge in [-0.3, -0.25) is 19.6 Å². The van der Waals surface area contributed by atoms with Crippen molar-refractivity contribution in [1.29, 1.82) is 0 Å². The number of pyridine rings is 2. The van der Waals surface area contributed by atoms with Crippen molar-refractivity contribution in [3.63, 3.8) is 0 Å². The molecule has 0 saturated carbocycles. The molecule has 0 aromatic carbocycles. The zero-order valence-electron chi connectivity index (χ0n) is 15.3. The van der Waals surface area contributed by atoms with E-state index in [2.05, 4.69) is 9.97 Å². The Hall–Kier alpha value is -2.76. The van der Waals surface area contributed by atoms with Crippen LogP contribution in [0.2, 0.25) is 0 Å². The molecule has 6 heteroatoms. The Bertz CT molecular complexity index is 796. The fourth-order valence-electron chi connectivity index (χ4n) is 4.08. The summed E-state index contributed by atoms with van der Waals surface area (Å²) in [5, 5.41) is 0. The van der Waals surface area contributed by atoms with Crippen molar-refractivity contribution in [1.82, 2.24) is 19.8 Å². The number of hydrogen-bond donors (Lipinski definition) is 0. The third-order valence-electron chi connectivity index (χ3n) is 5.58. The van der Waals surface area contributed by atoms with Gasteiger partial charge in [-0.1, -0.05) is 6.07 Å². The van der Waals surface area contributed by atoms with Gasteiger partial charge in [0.15, 0.2) is 0 Å². The molecule has 3 fully saturated rings. The Morgan fingerprint density at radius 2 is 1.93 bits per heavy atom. The monoisotopic (exact) mass is 364 g/mol. The van der Waals surface area contributed by atoms with E-state index < -0.39 is 0 Å². The summed E-state index contributed by atoms with van der Waals surface area (Å²) in [6.45, 7) is 1.70. The summed E-state index contributed by atoms with van der Waals surface area (Å²) in [6.07, 6.45) is 8.26. The average molecular weight is 364 g/mol. The van der Waals surface area contributed by atoms with Gasteiger partial charge in [0, 0.05) is 44.1 Å². The van der Waals surface area contributed by atoms with Crippen molar-refractivity contribution < 1.29 is 9.59 Å². The summed E-state index contributed by atoms with van der Waals surface area (Å²) < 4.78 is 0. The van der Waals surface area contributed by atoms with Gasteiger partial charge in [-0.05, 0) is 49.1 Å². The van der Waals surface area contributed by atoms with Crippen molar-refractivity contribution in [2.24, 2.45) is 5.92 Å². The molecule has 0 aliphatic carbocycles. The van der Waals surface area contributed by atoms with Gasteiger partial charge in [0.1, 0.15) is 0 Å². The summed E-state index contributed by atoms with van der Waals surface area (Å²) in [4.78, 5) is 37.9. The predicted molar refractivity (Wildman–Crippen MR) is 100 cm³/mol. The molecule has 0 N–H and O–H groups in total. The molecule has 2 aromatic heterocycles.